The average molecular weight is 421 g/mol. The molecule has 5 heteroatoms. The highest BCUT2D eigenvalue weighted by molar-refractivity contribution is 14.1. The number of aromatic amines is 1. The van der Waals surface area contributed by atoms with Gasteiger partial charge >= 0.3 is 5.97 Å². The summed E-state index contributed by atoms with van der Waals surface area (Å²) in [6.07, 6.45) is 0. The van der Waals surface area contributed by atoms with E-state index in [4.69, 9.17) is 9.47 Å². The standard InChI is InChI=1S/C18H16INO3/c1-2-22-18(21)17-16(19)14-10-13(8-9-15(14)20-17)23-11-12-6-4-3-5-7-12/h3-10,20H,2,11H2,1H3. The third-order valence-electron chi connectivity index (χ3n) is 3.43. The Labute approximate surface area is 147 Å². The maximum atomic E-state index is 11.9. The summed E-state index contributed by atoms with van der Waals surface area (Å²) in [6.45, 7) is 2.66. The predicted molar refractivity (Wildman–Crippen MR) is 97.7 cm³/mol. The number of H-pyrrole nitrogens is 1. The third kappa shape index (κ3) is 3.50. The topological polar surface area (TPSA) is 51.3 Å². The number of carbonyl (C=O) groups is 1. The molecule has 3 aromatic rings. The van der Waals surface area contributed by atoms with Crippen molar-refractivity contribution in [2.75, 3.05) is 6.61 Å². The fourth-order valence-corrected chi connectivity index (χ4v) is 3.11. The highest BCUT2D eigenvalue weighted by Crippen LogP contribution is 2.28. The second-order valence-corrected chi connectivity index (χ2v) is 6.09. The number of esters is 1. The molecule has 1 aromatic heterocycles. The number of fused-ring (bicyclic) bond motifs is 1. The number of carbonyl (C=O) groups excluding carboxylic acids is 1. The second kappa shape index (κ2) is 7.04. The van der Waals surface area contributed by atoms with Gasteiger partial charge in [0.15, 0.2) is 0 Å². The van der Waals surface area contributed by atoms with E-state index in [0.717, 1.165) is 25.8 Å². The zero-order chi connectivity index (χ0) is 16.2. The van der Waals surface area contributed by atoms with Crippen LogP contribution in [-0.4, -0.2) is 17.6 Å². The van der Waals surface area contributed by atoms with Crippen molar-refractivity contribution in [3.63, 3.8) is 0 Å². The van der Waals surface area contributed by atoms with E-state index in [9.17, 15) is 4.79 Å². The summed E-state index contributed by atoms with van der Waals surface area (Å²) in [5.41, 5.74) is 2.50. The molecule has 4 nitrogen and oxygen atoms in total. The molecule has 0 aliphatic carbocycles. The normalized spacial score (nSPS) is 10.7. The third-order valence-corrected chi connectivity index (χ3v) is 4.56. The minimum atomic E-state index is -0.333. The van der Waals surface area contributed by atoms with Crippen molar-refractivity contribution in [3.05, 3.63) is 63.4 Å². The minimum Gasteiger partial charge on any atom is -0.489 e. The van der Waals surface area contributed by atoms with Crippen molar-refractivity contribution in [1.82, 2.24) is 4.98 Å². The van der Waals surface area contributed by atoms with Gasteiger partial charge in [0.1, 0.15) is 18.1 Å². The van der Waals surface area contributed by atoms with Crippen molar-refractivity contribution >= 4 is 39.5 Å². The molecule has 0 saturated heterocycles. The fraction of sp³-hybridized carbons (Fsp3) is 0.167. The highest BCUT2D eigenvalue weighted by Gasteiger charge is 2.17. The van der Waals surface area contributed by atoms with Crippen LogP contribution < -0.4 is 4.74 Å². The first-order valence-electron chi connectivity index (χ1n) is 7.34. The van der Waals surface area contributed by atoms with E-state index < -0.39 is 0 Å². The van der Waals surface area contributed by atoms with E-state index >= 15 is 0 Å². The Hall–Kier alpha value is -2.02. The van der Waals surface area contributed by atoms with Crippen molar-refractivity contribution in [2.24, 2.45) is 0 Å². The Morgan fingerprint density at radius 2 is 1.96 bits per heavy atom. The average Bonchev–Trinajstić information content (AvgIpc) is 2.91. The van der Waals surface area contributed by atoms with Gasteiger partial charge < -0.3 is 14.5 Å². The van der Waals surface area contributed by atoms with Gasteiger partial charge in [-0.2, -0.15) is 0 Å². The zero-order valence-electron chi connectivity index (χ0n) is 12.6. The lowest BCUT2D eigenvalue weighted by Crippen LogP contribution is -2.06. The summed E-state index contributed by atoms with van der Waals surface area (Å²) in [5.74, 6) is 0.438. The van der Waals surface area contributed by atoms with Crippen LogP contribution in [0.4, 0.5) is 0 Å². The van der Waals surface area contributed by atoms with Crippen molar-refractivity contribution in [1.29, 1.82) is 0 Å². The van der Waals surface area contributed by atoms with Crippen LogP contribution >= 0.6 is 22.6 Å². The van der Waals surface area contributed by atoms with Crippen molar-refractivity contribution in [2.45, 2.75) is 13.5 Å². The molecule has 3 rings (SSSR count). The van der Waals surface area contributed by atoms with Crippen LogP contribution in [0.15, 0.2) is 48.5 Å². The largest absolute Gasteiger partial charge is 0.489 e. The van der Waals surface area contributed by atoms with Crippen molar-refractivity contribution < 1.29 is 14.3 Å². The Balaban J connectivity index is 1.84. The maximum Gasteiger partial charge on any atom is 0.355 e. The number of aromatic nitrogens is 1. The summed E-state index contributed by atoms with van der Waals surface area (Å²) in [6, 6.07) is 15.8. The molecular weight excluding hydrogens is 405 g/mol. The molecule has 0 bridgehead atoms. The van der Waals surface area contributed by atoms with Crippen LogP contribution in [0.25, 0.3) is 10.9 Å². The number of hydrogen-bond acceptors (Lipinski definition) is 3. The van der Waals surface area contributed by atoms with Gasteiger partial charge in [-0.1, -0.05) is 30.3 Å². The Morgan fingerprint density at radius 3 is 2.70 bits per heavy atom. The molecule has 0 amide bonds. The van der Waals surface area contributed by atoms with E-state index in [0.29, 0.717) is 18.9 Å². The molecule has 118 valence electrons. The predicted octanol–water partition coefficient (Wildman–Crippen LogP) is 4.53. The van der Waals surface area contributed by atoms with E-state index in [1.165, 1.54) is 0 Å². The van der Waals surface area contributed by atoms with E-state index in [-0.39, 0.29) is 5.97 Å². The van der Waals surface area contributed by atoms with E-state index in [1.807, 2.05) is 48.5 Å². The summed E-state index contributed by atoms with van der Waals surface area (Å²) in [5, 5.41) is 0.958. The SMILES string of the molecule is CCOC(=O)c1[nH]c2ccc(OCc3ccccc3)cc2c1I. The highest BCUT2D eigenvalue weighted by atomic mass is 127. The van der Waals surface area contributed by atoms with Crippen molar-refractivity contribution in [3.8, 4) is 5.75 Å². The molecule has 0 fully saturated rings. The van der Waals surface area contributed by atoms with Gasteiger partial charge in [-0.15, -0.1) is 0 Å². The molecule has 0 radical (unpaired) electrons. The summed E-state index contributed by atoms with van der Waals surface area (Å²) in [4.78, 5) is 15.1. The van der Waals surface area contributed by atoms with Gasteiger partial charge in [-0.05, 0) is 53.3 Å². The molecule has 23 heavy (non-hydrogen) atoms. The van der Waals surface area contributed by atoms with Crippen LogP contribution in [0.1, 0.15) is 23.0 Å². The molecule has 0 unspecified atom stereocenters. The van der Waals surface area contributed by atoms with Gasteiger partial charge in [0, 0.05) is 10.9 Å². The van der Waals surface area contributed by atoms with Gasteiger partial charge in [0.05, 0.1) is 10.2 Å². The molecule has 0 saturated carbocycles. The lowest BCUT2D eigenvalue weighted by atomic mass is 10.2. The monoisotopic (exact) mass is 421 g/mol. The molecule has 1 heterocycles. The molecule has 0 atom stereocenters. The van der Waals surface area contributed by atoms with Gasteiger partial charge in [0.2, 0.25) is 0 Å². The summed E-state index contributed by atoms with van der Waals surface area (Å²) >= 11 is 2.16. The summed E-state index contributed by atoms with van der Waals surface area (Å²) in [7, 11) is 0. The van der Waals surface area contributed by atoms with Crippen LogP contribution in [0.5, 0.6) is 5.75 Å². The van der Waals surface area contributed by atoms with E-state index in [1.54, 1.807) is 6.92 Å². The molecule has 0 spiro atoms. The number of nitrogens with one attached hydrogen (secondary N) is 1. The van der Waals surface area contributed by atoms with Gasteiger partial charge in [0.25, 0.3) is 0 Å². The second-order valence-electron chi connectivity index (χ2n) is 5.02. The maximum absolute atomic E-state index is 11.9. The Morgan fingerprint density at radius 1 is 1.17 bits per heavy atom. The first kappa shape index (κ1) is 15.9. The Bertz CT molecular complexity index is 827. The smallest absolute Gasteiger partial charge is 0.355 e. The first-order valence-corrected chi connectivity index (χ1v) is 8.42. The molecule has 2 aromatic carbocycles. The van der Waals surface area contributed by atoms with Crippen LogP contribution in [0.3, 0.4) is 0 Å². The number of rotatable bonds is 5. The lowest BCUT2D eigenvalue weighted by molar-refractivity contribution is 0.0519. The van der Waals surface area contributed by atoms with Crippen LogP contribution in [0, 0.1) is 3.57 Å². The van der Waals surface area contributed by atoms with Crippen LogP contribution in [-0.2, 0) is 11.3 Å². The lowest BCUT2D eigenvalue weighted by Gasteiger charge is -2.06. The number of hydrogen-bond donors (Lipinski definition) is 1. The fourth-order valence-electron chi connectivity index (χ4n) is 2.31. The first-order chi connectivity index (χ1) is 11.2. The Kier molecular flexibility index (Phi) is 4.85. The van der Waals surface area contributed by atoms with Crippen LogP contribution in [0.2, 0.25) is 0 Å². The quantitative estimate of drug-likeness (QED) is 0.487. The molecule has 0 aliphatic heterocycles. The molecule has 0 aliphatic rings. The molecular formula is C18H16INO3. The number of ether oxygens (including phenoxy) is 2. The van der Waals surface area contributed by atoms with E-state index in [2.05, 4.69) is 27.6 Å². The minimum absolute atomic E-state index is 0.333. The molecule has 1 N–H and O–H groups in total. The number of halogens is 1. The van der Waals surface area contributed by atoms with Gasteiger partial charge in [-0.25, -0.2) is 4.79 Å². The zero-order valence-corrected chi connectivity index (χ0v) is 14.8. The number of benzene rings is 2. The van der Waals surface area contributed by atoms with Gasteiger partial charge in [-0.3, -0.25) is 0 Å². The summed E-state index contributed by atoms with van der Waals surface area (Å²) < 4.78 is 11.8.